The van der Waals surface area contributed by atoms with E-state index in [9.17, 15) is 4.79 Å². The Morgan fingerprint density at radius 2 is 2.50 bits per heavy atom. The Bertz CT molecular complexity index is 371. The number of aromatic nitrogens is 2. The van der Waals surface area contributed by atoms with Gasteiger partial charge >= 0.3 is 0 Å². The summed E-state index contributed by atoms with van der Waals surface area (Å²) < 4.78 is 1.48. The third-order valence-electron chi connectivity index (χ3n) is 2.44. The molecule has 0 aromatic carbocycles. The second-order valence-corrected chi connectivity index (χ2v) is 3.84. The van der Waals surface area contributed by atoms with Gasteiger partial charge in [0.2, 0.25) is 0 Å². The van der Waals surface area contributed by atoms with Crippen LogP contribution in [0.3, 0.4) is 0 Å². The fourth-order valence-corrected chi connectivity index (χ4v) is 1.85. The second-order valence-electron chi connectivity index (χ2n) is 3.43. The van der Waals surface area contributed by atoms with Crippen LogP contribution in [-0.2, 0) is 0 Å². The summed E-state index contributed by atoms with van der Waals surface area (Å²) in [5.74, 6) is 0. The van der Waals surface area contributed by atoms with E-state index in [0.717, 1.165) is 25.9 Å². The number of hydrogen-bond acceptors (Lipinski definition) is 3. The summed E-state index contributed by atoms with van der Waals surface area (Å²) in [6.07, 6.45) is 3.63. The number of halogens is 1. The third kappa shape index (κ3) is 1.81. The van der Waals surface area contributed by atoms with Crippen molar-refractivity contribution in [2.24, 2.45) is 0 Å². The van der Waals surface area contributed by atoms with Crippen LogP contribution in [0.5, 0.6) is 0 Å². The fourth-order valence-electron chi connectivity index (χ4n) is 1.71. The highest BCUT2D eigenvalue weighted by Gasteiger charge is 2.17. The molecule has 0 bridgehead atoms. The van der Waals surface area contributed by atoms with Gasteiger partial charge in [-0.1, -0.05) is 11.6 Å². The minimum Gasteiger partial charge on any atom is -0.315 e. The molecule has 1 saturated heterocycles. The van der Waals surface area contributed by atoms with E-state index >= 15 is 0 Å². The molecule has 5 heteroatoms. The summed E-state index contributed by atoms with van der Waals surface area (Å²) in [4.78, 5) is 11.6. The van der Waals surface area contributed by atoms with Gasteiger partial charge < -0.3 is 5.32 Å². The SMILES string of the molecule is O=c1c(Cl)ccnn1[C@@H]1CCCNC1. The maximum Gasteiger partial charge on any atom is 0.285 e. The predicted octanol–water partition coefficient (Wildman–Crippen LogP) is 0.821. The van der Waals surface area contributed by atoms with Crippen LogP contribution >= 0.6 is 11.6 Å². The lowest BCUT2D eigenvalue weighted by atomic mass is 10.1. The number of nitrogens with one attached hydrogen (secondary N) is 1. The number of hydrogen-bond donors (Lipinski definition) is 1. The highest BCUT2D eigenvalue weighted by Crippen LogP contribution is 2.13. The zero-order valence-corrected chi connectivity index (χ0v) is 8.50. The molecular weight excluding hydrogens is 202 g/mol. The van der Waals surface area contributed by atoms with Crippen LogP contribution in [0.2, 0.25) is 5.02 Å². The molecule has 1 atom stereocenters. The molecule has 0 spiro atoms. The van der Waals surface area contributed by atoms with Crippen molar-refractivity contribution in [2.45, 2.75) is 18.9 Å². The summed E-state index contributed by atoms with van der Waals surface area (Å²) in [7, 11) is 0. The molecule has 2 heterocycles. The molecule has 0 aliphatic carbocycles. The topological polar surface area (TPSA) is 46.9 Å². The highest BCUT2D eigenvalue weighted by molar-refractivity contribution is 6.30. The highest BCUT2D eigenvalue weighted by atomic mass is 35.5. The van der Waals surface area contributed by atoms with Crippen LogP contribution in [0.4, 0.5) is 0 Å². The van der Waals surface area contributed by atoms with Gasteiger partial charge in [0.1, 0.15) is 5.02 Å². The largest absolute Gasteiger partial charge is 0.315 e. The molecule has 76 valence electrons. The Morgan fingerprint density at radius 3 is 3.21 bits per heavy atom. The average Bonchev–Trinajstić information content (AvgIpc) is 2.23. The number of piperidine rings is 1. The van der Waals surface area contributed by atoms with Gasteiger partial charge in [-0.15, -0.1) is 0 Å². The van der Waals surface area contributed by atoms with Crippen molar-refractivity contribution in [1.82, 2.24) is 15.1 Å². The molecule has 1 aromatic rings. The molecule has 14 heavy (non-hydrogen) atoms. The van der Waals surface area contributed by atoms with Crippen LogP contribution in [0.15, 0.2) is 17.1 Å². The van der Waals surface area contributed by atoms with E-state index in [1.807, 2.05) is 0 Å². The van der Waals surface area contributed by atoms with E-state index in [-0.39, 0.29) is 16.6 Å². The molecule has 1 aliphatic heterocycles. The summed E-state index contributed by atoms with van der Waals surface area (Å²) in [6.45, 7) is 1.82. The Morgan fingerprint density at radius 1 is 1.64 bits per heavy atom. The molecule has 1 N–H and O–H groups in total. The van der Waals surface area contributed by atoms with E-state index in [1.54, 1.807) is 6.20 Å². The average molecular weight is 214 g/mol. The van der Waals surface area contributed by atoms with E-state index in [0.29, 0.717) is 0 Å². The van der Waals surface area contributed by atoms with Crippen LogP contribution in [0, 0.1) is 0 Å². The monoisotopic (exact) mass is 213 g/mol. The van der Waals surface area contributed by atoms with Crippen LogP contribution in [0.1, 0.15) is 18.9 Å². The molecular formula is C9H12ClN3O. The summed E-state index contributed by atoms with van der Waals surface area (Å²) in [6, 6.07) is 1.67. The van der Waals surface area contributed by atoms with Gasteiger partial charge in [-0.3, -0.25) is 4.79 Å². The molecule has 0 unspecified atom stereocenters. The van der Waals surface area contributed by atoms with Crippen LogP contribution in [-0.4, -0.2) is 22.9 Å². The van der Waals surface area contributed by atoms with E-state index in [1.165, 1.54) is 10.7 Å². The van der Waals surface area contributed by atoms with Gasteiger partial charge in [-0.05, 0) is 25.5 Å². The van der Waals surface area contributed by atoms with Crippen molar-refractivity contribution in [3.05, 3.63) is 27.6 Å². The minimum absolute atomic E-state index is 0.148. The van der Waals surface area contributed by atoms with E-state index in [2.05, 4.69) is 10.4 Å². The van der Waals surface area contributed by atoms with Crippen LogP contribution < -0.4 is 10.9 Å². The minimum atomic E-state index is -0.192. The zero-order chi connectivity index (χ0) is 9.97. The van der Waals surface area contributed by atoms with Gasteiger partial charge in [0.15, 0.2) is 0 Å². The first-order valence-corrected chi connectivity index (χ1v) is 5.11. The lowest BCUT2D eigenvalue weighted by molar-refractivity contribution is 0.335. The molecule has 0 radical (unpaired) electrons. The molecule has 1 fully saturated rings. The lowest BCUT2D eigenvalue weighted by Crippen LogP contribution is -2.37. The first-order chi connectivity index (χ1) is 6.79. The first kappa shape index (κ1) is 9.68. The van der Waals surface area contributed by atoms with Crippen LogP contribution in [0.25, 0.3) is 0 Å². The normalized spacial score (nSPS) is 22.2. The molecule has 4 nitrogen and oxygen atoms in total. The smallest absolute Gasteiger partial charge is 0.285 e. The van der Waals surface area contributed by atoms with Crippen molar-refractivity contribution in [3.63, 3.8) is 0 Å². The van der Waals surface area contributed by atoms with Gasteiger partial charge in [0.05, 0.1) is 6.04 Å². The van der Waals surface area contributed by atoms with E-state index < -0.39 is 0 Å². The Balaban J connectivity index is 2.31. The number of nitrogens with zero attached hydrogens (tertiary/aromatic N) is 2. The molecule has 2 rings (SSSR count). The predicted molar refractivity (Wildman–Crippen MR) is 54.6 cm³/mol. The Kier molecular flexibility index (Phi) is 2.84. The molecule has 0 saturated carbocycles. The van der Waals surface area contributed by atoms with Gasteiger partial charge in [-0.2, -0.15) is 5.10 Å². The van der Waals surface area contributed by atoms with E-state index in [4.69, 9.17) is 11.6 Å². The molecule has 1 aliphatic rings. The van der Waals surface area contributed by atoms with Crippen molar-refractivity contribution in [3.8, 4) is 0 Å². The third-order valence-corrected chi connectivity index (χ3v) is 2.73. The number of rotatable bonds is 1. The Labute approximate surface area is 86.9 Å². The van der Waals surface area contributed by atoms with Crippen molar-refractivity contribution < 1.29 is 0 Å². The maximum absolute atomic E-state index is 11.6. The summed E-state index contributed by atoms with van der Waals surface area (Å²) >= 11 is 5.74. The summed E-state index contributed by atoms with van der Waals surface area (Å²) in [5, 5.41) is 7.52. The van der Waals surface area contributed by atoms with Gasteiger partial charge in [0, 0.05) is 12.7 Å². The molecule has 1 aromatic heterocycles. The molecule has 0 amide bonds. The van der Waals surface area contributed by atoms with Crippen molar-refractivity contribution >= 4 is 11.6 Å². The standard InChI is InChI=1S/C9H12ClN3O/c10-8-3-5-12-13(9(8)14)7-2-1-4-11-6-7/h3,5,7,11H,1-2,4,6H2/t7-/m1/s1. The lowest BCUT2D eigenvalue weighted by Gasteiger charge is -2.23. The van der Waals surface area contributed by atoms with Crippen molar-refractivity contribution in [2.75, 3.05) is 13.1 Å². The second kappa shape index (κ2) is 4.11. The maximum atomic E-state index is 11.6. The Hall–Kier alpha value is -0.870. The van der Waals surface area contributed by atoms with Gasteiger partial charge in [-0.25, -0.2) is 4.68 Å². The zero-order valence-electron chi connectivity index (χ0n) is 7.74. The first-order valence-electron chi connectivity index (χ1n) is 4.73. The van der Waals surface area contributed by atoms with Crippen molar-refractivity contribution in [1.29, 1.82) is 0 Å². The summed E-state index contributed by atoms with van der Waals surface area (Å²) in [5.41, 5.74) is -0.192. The quantitative estimate of drug-likeness (QED) is 0.752. The fraction of sp³-hybridized carbons (Fsp3) is 0.556. The van der Waals surface area contributed by atoms with Gasteiger partial charge in [0.25, 0.3) is 5.56 Å².